The van der Waals surface area contributed by atoms with Gasteiger partial charge < -0.3 is 15.0 Å². The molecule has 1 atom stereocenters. The highest BCUT2D eigenvalue weighted by Crippen LogP contribution is 2.21. The van der Waals surface area contributed by atoms with Crippen molar-refractivity contribution in [3.63, 3.8) is 0 Å². The lowest BCUT2D eigenvalue weighted by atomic mass is 10.1. The van der Waals surface area contributed by atoms with E-state index in [1.54, 1.807) is 13.2 Å². The van der Waals surface area contributed by atoms with E-state index in [0.717, 1.165) is 30.6 Å². The van der Waals surface area contributed by atoms with Crippen molar-refractivity contribution < 1.29 is 9.53 Å². The molecule has 1 N–H and O–H groups in total. The van der Waals surface area contributed by atoms with Crippen molar-refractivity contribution in [2.24, 2.45) is 0 Å². The second kappa shape index (κ2) is 7.33. The molecular weight excluding hydrogens is 306 g/mol. The molecule has 3 rings (SSSR count). The van der Waals surface area contributed by atoms with Gasteiger partial charge in [-0.3, -0.25) is 4.68 Å². The molecule has 0 bridgehead atoms. The van der Waals surface area contributed by atoms with Gasteiger partial charge in [0.15, 0.2) is 0 Å². The second-order valence-electron chi connectivity index (χ2n) is 6.07. The van der Waals surface area contributed by atoms with Crippen molar-refractivity contribution in [2.75, 3.05) is 20.2 Å². The topological polar surface area (TPSA) is 72.3 Å². The van der Waals surface area contributed by atoms with Crippen molar-refractivity contribution in [3.8, 4) is 5.88 Å². The van der Waals surface area contributed by atoms with Crippen LogP contribution in [0.5, 0.6) is 5.88 Å². The van der Waals surface area contributed by atoms with E-state index in [1.807, 2.05) is 41.0 Å². The van der Waals surface area contributed by atoms with Crippen LogP contribution in [0, 0.1) is 6.92 Å². The molecule has 0 unspecified atom stereocenters. The number of aryl methyl sites for hydroxylation is 1. The number of aromatic nitrogens is 3. The third kappa shape index (κ3) is 3.84. The van der Waals surface area contributed by atoms with Crippen molar-refractivity contribution in [2.45, 2.75) is 32.4 Å². The second-order valence-corrected chi connectivity index (χ2v) is 6.07. The lowest BCUT2D eigenvalue weighted by molar-refractivity contribution is 0.163. The maximum Gasteiger partial charge on any atom is 0.317 e. The van der Waals surface area contributed by atoms with Crippen LogP contribution in [0.25, 0.3) is 0 Å². The molecule has 2 aromatic rings. The summed E-state index contributed by atoms with van der Waals surface area (Å²) in [5, 5.41) is 7.32. The zero-order valence-electron chi connectivity index (χ0n) is 14.1. The molecule has 2 amide bonds. The van der Waals surface area contributed by atoms with E-state index in [1.165, 1.54) is 0 Å². The molecule has 1 saturated heterocycles. The molecule has 1 fully saturated rings. The van der Waals surface area contributed by atoms with Gasteiger partial charge in [-0.05, 0) is 31.4 Å². The Kier molecular flexibility index (Phi) is 4.98. The van der Waals surface area contributed by atoms with Gasteiger partial charge in [0.25, 0.3) is 0 Å². The molecule has 0 aromatic carbocycles. The summed E-state index contributed by atoms with van der Waals surface area (Å²) in [5.41, 5.74) is 1.92. The highest BCUT2D eigenvalue weighted by Gasteiger charge is 2.25. The van der Waals surface area contributed by atoms with Gasteiger partial charge in [-0.1, -0.05) is 6.07 Å². The largest absolute Gasteiger partial charge is 0.481 e. The summed E-state index contributed by atoms with van der Waals surface area (Å²) in [7, 11) is 1.58. The average Bonchev–Trinajstić information content (AvgIpc) is 3.06. The van der Waals surface area contributed by atoms with E-state index in [9.17, 15) is 4.79 Å². The number of amides is 2. The van der Waals surface area contributed by atoms with Crippen LogP contribution in [0.4, 0.5) is 4.79 Å². The minimum Gasteiger partial charge on any atom is -0.481 e. The summed E-state index contributed by atoms with van der Waals surface area (Å²) in [5.74, 6) is 0.550. The Morgan fingerprint density at radius 1 is 1.46 bits per heavy atom. The predicted octanol–water partition coefficient (Wildman–Crippen LogP) is 2.14. The molecule has 3 heterocycles. The predicted molar refractivity (Wildman–Crippen MR) is 89.8 cm³/mol. The van der Waals surface area contributed by atoms with E-state index in [2.05, 4.69) is 15.4 Å². The van der Waals surface area contributed by atoms with Gasteiger partial charge in [0.1, 0.15) is 0 Å². The molecule has 7 heteroatoms. The Hall–Kier alpha value is -2.57. The van der Waals surface area contributed by atoms with Crippen LogP contribution in [0.2, 0.25) is 0 Å². The van der Waals surface area contributed by atoms with E-state index in [0.29, 0.717) is 19.0 Å². The number of carbonyl (C=O) groups excluding carboxylic acids is 1. The quantitative estimate of drug-likeness (QED) is 0.933. The Labute approximate surface area is 141 Å². The number of urea groups is 1. The molecule has 1 aliphatic rings. The summed E-state index contributed by atoms with van der Waals surface area (Å²) < 4.78 is 7.07. The highest BCUT2D eigenvalue weighted by molar-refractivity contribution is 5.74. The molecule has 24 heavy (non-hydrogen) atoms. The van der Waals surface area contributed by atoms with Gasteiger partial charge in [0.05, 0.1) is 31.6 Å². The Bertz CT molecular complexity index is 700. The monoisotopic (exact) mass is 329 g/mol. The van der Waals surface area contributed by atoms with Crippen LogP contribution in [0.3, 0.4) is 0 Å². The van der Waals surface area contributed by atoms with Crippen LogP contribution in [0.15, 0.2) is 30.6 Å². The van der Waals surface area contributed by atoms with E-state index >= 15 is 0 Å². The Balaban J connectivity index is 1.56. The number of pyridine rings is 1. The number of piperidine rings is 1. The molecule has 0 radical (unpaired) electrons. The van der Waals surface area contributed by atoms with Gasteiger partial charge in [-0.2, -0.15) is 5.10 Å². The number of rotatable bonds is 4. The Morgan fingerprint density at radius 3 is 3.08 bits per heavy atom. The minimum atomic E-state index is -0.0619. The number of carbonyl (C=O) groups is 1. The SMILES string of the molecule is COc1cccc(CNC(=O)N2CCC[C@@H](n3cc(C)cn3)C2)n1. The van der Waals surface area contributed by atoms with Crippen LogP contribution in [0.1, 0.15) is 30.1 Å². The van der Waals surface area contributed by atoms with Crippen molar-refractivity contribution in [1.82, 2.24) is 25.0 Å². The van der Waals surface area contributed by atoms with E-state index in [-0.39, 0.29) is 12.1 Å². The van der Waals surface area contributed by atoms with E-state index in [4.69, 9.17) is 4.74 Å². The standard InChI is InChI=1S/C17H23N5O2/c1-13-9-19-22(11-13)15-6-4-8-21(12-15)17(23)18-10-14-5-3-7-16(20-14)24-2/h3,5,7,9,11,15H,4,6,8,10,12H2,1-2H3,(H,18,23)/t15-/m1/s1. The fraction of sp³-hybridized carbons (Fsp3) is 0.471. The van der Waals surface area contributed by atoms with Crippen LogP contribution in [-0.4, -0.2) is 45.9 Å². The average molecular weight is 329 g/mol. The summed E-state index contributed by atoms with van der Waals surface area (Å²) >= 11 is 0. The number of likely N-dealkylation sites (tertiary alicyclic amines) is 1. The molecule has 7 nitrogen and oxygen atoms in total. The Morgan fingerprint density at radius 2 is 2.33 bits per heavy atom. The molecule has 0 spiro atoms. The lowest BCUT2D eigenvalue weighted by Crippen LogP contribution is -2.45. The fourth-order valence-electron chi connectivity index (χ4n) is 2.94. The normalized spacial score (nSPS) is 17.6. The van der Waals surface area contributed by atoms with Gasteiger partial charge in [-0.15, -0.1) is 0 Å². The first-order valence-corrected chi connectivity index (χ1v) is 8.19. The summed E-state index contributed by atoms with van der Waals surface area (Å²) in [6.45, 7) is 3.86. The maximum atomic E-state index is 12.4. The number of methoxy groups -OCH3 is 1. The number of hydrogen-bond donors (Lipinski definition) is 1. The molecular formula is C17H23N5O2. The summed E-state index contributed by atoms with van der Waals surface area (Å²) in [4.78, 5) is 18.6. The summed E-state index contributed by atoms with van der Waals surface area (Å²) in [6, 6.07) is 5.70. The first-order valence-electron chi connectivity index (χ1n) is 8.19. The highest BCUT2D eigenvalue weighted by atomic mass is 16.5. The number of hydrogen-bond acceptors (Lipinski definition) is 4. The van der Waals surface area contributed by atoms with Crippen molar-refractivity contribution in [3.05, 3.63) is 41.9 Å². The third-order valence-electron chi connectivity index (χ3n) is 4.20. The van der Waals surface area contributed by atoms with Gasteiger partial charge in [0, 0.05) is 25.4 Å². The third-order valence-corrected chi connectivity index (χ3v) is 4.20. The molecule has 0 aliphatic carbocycles. The molecule has 128 valence electrons. The minimum absolute atomic E-state index is 0.0619. The van der Waals surface area contributed by atoms with Gasteiger partial charge in [0.2, 0.25) is 5.88 Å². The lowest BCUT2D eigenvalue weighted by Gasteiger charge is -2.32. The zero-order chi connectivity index (χ0) is 16.9. The number of ether oxygens (including phenoxy) is 1. The molecule has 1 aliphatic heterocycles. The number of nitrogens with zero attached hydrogens (tertiary/aromatic N) is 4. The fourth-order valence-corrected chi connectivity index (χ4v) is 2.94. The van der Waals surface area contributed by atoms with Gasteiger partial charge >= 0.3 is 6.03 Å². The first-order chi connectivity index (χ1) is 11.7. The van der Waals surface area contributed by atoms with Crippen molar-refractivity contribution in [1.29, 1.82) is 0 Å². The van der Waals surface area contributed by atoms with Crippen LogP contribution < -0.4 is 10.1 Å². The molecule has 2 aromatic heterocycles. The van der Waals surface area contributed by atoms with E-state index < -0.39 is 0 Å². The molecule has 0 saturated carbocycles. The van der Waals surface area contributed by atoms with Crippen LogP contribution in [-0.2, 0) is 6.54 Å². The van der Waals surface area contributed by atoms with Gasteiger partial charge in [-0.25, -0.2) is 9.78 Å². The zero-order valence-corrected chi connectivity index (χ0v) is 14.1. The smallest absolute Gasteiger partial charge is 0.317 e. The maximum absolute atomic E-state index is 12.4. The first kappa shape index (κ1) is 16.3. The van der Waals surface area contributed by atoms with Crippen molar-refractivity contribution >= 4 is 6.03 Å². The van der Waals surface area contributed by atoms with Crippen LogP contribution >= 0.6 is 0 Å². The summed E-state index contributed by atoms with van der Waals surface area (Å²) in [6.07, 6.45) is 5.91. The number of nitrogens with one attached hydrogen (secondary N) is 1.